The zero-order chi connectivity index (χ0) is 14.8. The van der Waals surface area contributed by atoms with Gasteiger partial charge in [-0.1, -0.05) is 36.4 Å². The first kappa shape index (κ1) is 14.4. The Kier molecular flexibility index (Phi) is 4.13. The highest BCUT2D eigenvalue weighted by molar-refractivity contribution is 5.89. The van der Waals surface area contributed by atoms with Gasteiger partial charge in [-0.25, -0.2) is 0 Å². The van der Waals surface area contributed by atoms with Gasteiger partial charge >= 0.3 is 0 Å². The summed E-state index contributed by atoms with van der Waals surface area (Å²) < 4.78 is 5.54. The van der Waals surface area contributed by atoms with E-state index < -0.39 is 0 Å². The molecule has 1 fully saturated rings. The fourth-order valence-electron chi connectivity index (χ4n) is 3.43. The molecule has 3 unspecified atom stereocenters. The average Bonchev–Trinajstić information content (AvgIpc) is 2.95. The van der Waals surface area contributed by atoms with Crippen LogP contribution in [-0.2, 0) is 4.74 Å². The first-order chi connectivity index (χ1) is 10.2. The van der Waals surface area contributed by atoms with Gasteiger partial charge in [0.2, 0.25) is 0 Å². The molecule has 0 saturated heterocycles. The third-order valence-electron chi connectivity index (χ3n) is 4.62. The summed E-state index contributed by atoms with van der Waals surface area (Å²) in [4.78, 5) is 0. The number of methoxy groups -OCH3 is 1. The van der Waals surface area contributed by atoms with Crippen molar-refractivity contribution in [3.63, 3.8) is 0 Å². The van der Waals surface area contributed by atoms with E-state index in [0.29, 0.717) is 11.8 Å². The van der Waals surface area contributed by atoms with Crippen LogP contribution in [0.1, 0.15) is 37.8 Å². The maximum absolute atomic E-state index is 10.5. The molecule has 2 aromatic carbocycles. The molecule has 0 spiro atoms. The Morgan fingerprint density at radius 1 is 1.19 bits per heavy atom. The van der Waals surface area contributed by atoms with Crippen LogP contribution < -0.4 is 5.32 Å². The molecule has 0 aliphatic heterocycles. The van der Waals surface area contributed by atoms with E-state index >= 15 is 0 Å². The Hall–Kier alpha value is -1.58. The summed E-state index contributed by atoms with van der Waals surface area (Å²) in [6.07, 6.45) is 3.74. The van der Waals surface area contributed by atoms with Crippen molar-refractivity contribution in [2.75, 3.05) is 7.11 Å². The van der Waals surface area contributed by atoms with E-state index in [2.05, 4.69) is 18.3 Å². The third kappa shape index (κ3) is 2.76. The molecule has 112 valence electrons. The second-order valence-electron chi connectivity index (χ2n) is 5.92. The zero-order valence-corrected chi connectivity index (χ0v) is 12.7. The van der Waals surface area contributed by atoms with Gasteiger partial charge in [0.1, 0.15) is 5.75 Å². The highest BCUT2D eigenvalue weighted by Crippen LogP contribution is 2.33. The number of ether oxygens (including phenoxy) is 1. The minimum absolute atomic E-state index is 0.107. The van der Waals surface area contributed by atoms with E-state index in [1.807, 2.05) is 30.3 Å². The van der Waals surface area contributed by atoms with Gasteiger partial charge in [-0.15, -0.1) is 0 Å². The monoisotopic (exact) mass is 285 g/mol. The summed E-state index contributed by atoms with van der Waals surface area (Å²) >= 11 is 0. The number of hydrogen-bond acceptors (Lipinski definition) is 3. The molecule has 1 aliphatic rings. The second-order valence-corrected chi connectivity index (χ2v) is 5.92. The molecule has 3 nitrogen and oxygen atoms in total. The van der Waals surface area contributed by atoms with Crippen molar-refractivity contribution in [1.82, 2.24) is 5.32 Å². The van der Waals surface area contributed by atoms with Crippen LogP contribution in [0.3, 0.4) is 0 Å². The predicted molar refractivity (Wildman–Crippen MR) is 85.6 cm³/mol. The molecular formula is C18H23NO2. The Morgan fingerprint density at radius 3 is 2.81 bits per heavy atom. The molecule has 0 radical (unpaired) electrons. The number of hydrogen-bond donors (Lipinski definition) is 2. The highest BCUT2D eigenvalue weighted by atomic mass is 16.5. The molecule has 3 atom stereocenters. The molecule has 3 rings (SSSR count). The number of phenolic OH excluding ortho intramolecular Hbond substituents is 1. The van der Waals surface area contributed by atoms with Crippen molar-refractivity contribution in [3.05, 3.63) is 42.0 Å². The topological polar surface area (TPSA) is 41.5 Å². The standard InChI is InChI=1S/C18H23NO2/c1-12(19-16-8-5-9-17(16)21-2)14-11-10-13-6-3-4-7-15(13)18(14)20/h3-4,6-7,10-12,16-17,19-20H,5,8-9H2,1-2H3. The van der Waals surface area contributed by atoms with Crippen LogP contribution in [0.25, 0.3) is 10.8 Å². The Bertz CT molecular complexity index is 626. The van der Waals surface area contributed by atoms with Crippen LogP contribution in [0.2, 0.25) is 0 Å². The van der Waals surface area contributed by atoms with Crippen molar-refractivity contribution in [3.8, 4) is 5.75 Å². The number of nitrogens with one attached hydrogen (secondary N) is 1. The number of phenols is 1. The lowest BCUT2D eigenvalue weighted by atomic mass is 10.00. The van der Waals surface area contributed by atoms with Gasteiger partial charge in [-0.05, 0) is 31.6 Å². The van der Waals surface area contributed by atoms with Gasteiger partial charge in [0.25, 0.3) is 0 Å². The van der Waals surface area contributed by atoms with Crippen molar-refractivity contribution in [2.24, 2.45) is 0 Å². The molecule has 0 amide bonds. The summed E-state index contributed by atoms with van der Waals surface area (Å²) in [5.41, 5.74) is 0.954. The lowest BCUT2D eigenvalue weighted by Crippen LogP contribution is -2.38. The van der Waals surface area contributed by atoms with E-state index in [0.717, 1.165) is 29.2 Å². The molecule has 0 bridgehead atoms. The van der Waals surface area contributed by atoms with Gasteiger partial charge in [-0.3, -0.25) is 0 Å². The van der Waals surface area contributed by atoms with Crippen LogP contribution in [0, 0.1) is 0 Å². The maximum Gasteiger partial charge on any atom is 0.128 e. The SMILES string of the molecule is COC1CCCC1NC(C)c1ccc2ccccc2c1O. The van der Waals surface area contributed by atoms with Crippen molar-refractivity contribution >= 4 is 10.8 Å². The fraction of sp³-hybridized carbons (Fsp3) is 0.444. The third-order valence-corrected chi connectivity index (χ3v) is 4.62. The van der Waals surface area contributed by atoms with Crippen LogP contribution in [0.4, 0.5) is 0 Å². The molecule has 0 aromatic heterocycles. The summed E-state index contributed by atoms with van der Waals surface area (Å²) in [6.45, 7) is 2.11. The van der Waals surface area contributed by atoms with Gasteiger partial charge < -0.3 is 15.2 Å². The number of rotatable bonds is 4. The number of benzene rings is 2. The van der Waals surface area contributed by atoms with E-state index in [4.69, 9.17) is 4.74 Å². The van der Waals surface area contributed by atoms with Gasteiger partial charge in [0, 0.05) is 30.1 Å². The minimum Gasteiger partial charge on any atom is -0.507 e. The second kappa shape index (κ2) is 6.04. The summed E-state index contributed by atoms with van der Waals surface area (Å²) in [7, 11) is 1.78. The van der Waals surface area contributed by atoms with Crippen molar-refractivity contribution in [2.45, 2.75) is 44.4 Å². The number of aromatic hydroxyl groups is 1. The Balaban J connectivity index is 1.84. The first-order valence-corrected chi connectivity index (χ1v) is 7.70. The van der Waals surface area contributed by atoms with E-state index in [9.17, 15) is 5.11 Å². The molecule has 1 saturated carbocycles. The van der Waals surface area contributed by atoms with Crippen LogP contribution in [0.5, 0.6) is 5.75 Å². The quantitative estimate of drug-likeness (QED) is 0.898. The Labute approximate surface area is 125 Å². The summed E-state index contributed by atoms with van der Waals surface area (Å²) in [5.74, 6) is 0.389. The largest absolute Gasteiger partial charge is 0.507 e. The van der Waals surface area contributed by atoms with E-state index in [1.165, 1.54) is 6.42 Å². The van der Waals surface area contributed by atoms with Crippen LogP contribution in [0.15, 0.2) is 36.4 Å². The van der Waals surface area contributed by atoms with Crippen LogP contribution >= 0.6 is 0 Å². The van der Waals surface area contributed by atoms with Gasteiger partial charge in [0.05, 0.1) is 6.10 Å². The van der Waals surface area contributed by atoms with Gasteiger partial charge in [0.15, 0.2) is 0 Å². The molecule has 3 heteroatoms. The predicted octanol–water partition coefficient (Wildman–Crippen LogP) is 3.76. The molecule has 2 aromatic rings. The maximum atomic E-state index is 10.5. The molecule has 0 heterocycles. The fourth-order valence-corrected chi connectivity index (χ4v) is 3.43. The minimum atomic E-state index is 0.107. The van der Waals surface area contributed by atoms with E-state index in [-0.39, 0.29) is 12.1 Å². The molecular weight excluding hydrogens is 262 g/mol. The lowest BCUT2D eigenvalue weighted by molar-refractivity contribution is 0.0819. The normalized spacial score (nSPS) is 23.5. The van der Waals surface area contributed by atoms with Gasteiger partial charge in [-0.2, -0.15) is 0 Å². The van der Waals surface area contributed by atoms with Crippen LogP contribution in [-0.4, -0.2) is 24.4 Å². The molecule has 2 N–H and O–H groups in total. The van der Waals surface area contributed by atoms with Crippen molar-refractivity contribution < 1.29 is 9.84 Å². The number of fused-ring (bicyclic) bond motifs is 1. The molecule has 21 heavy (non-hydrogen) atoms. The highest BCUT2D eigenvalue weighted by Gasteiger charge is 2.28. The van der Waals surface area contributed by atoms with E-state index in [1.54, 1.807) is 7.11 Å². The smallest absolute Gasteiger partial charge is 0.128 e. The van der Waals surface area contributed by atoms with Crippen molar-refractivity contribution in [1.29, 1.82) is 0 Å². The summed E-state index contributed by atoms with van der Waals surface area (Å²) in [5, 5.41) is 16.1. The first-order valence-electron chi connectivity index (χ1n) is 7.70. The average molecular weight is 285 g/mol. The summed E-state index contributed by atoms with van der Waals surface area (Å²) in [6, 6.07) is 12.5. The Morgan fingerprint density at radius 2 is 2.00 bits per heavy atom. The zero-order valence-electron chi connectivity index (χ0n) is 12.7. The lowest BCUT2D eigenvalue weighted by Gasteiger charge is -2.25. The molecule has 1 aliphatic carbocycles.